The van der Waals surface area contributed by atoms with Crippen LogP contribution in [0.3, 0.4) is 0 Å². The number of nitrogens with zero attached hydrogens (tertiary/aromatic N) is 1. The maximum Gasteiger partial charge on any atom is 0.0644 e. The lowest BCUT2D eigenvalue weighted by molar-refractivity contribution is -0.0643. The van der Waals surface area contributed by atoms with Crippen LogP contribution in [0.2, 0.25) is 0 Å². The number of hydrogen-bond donors (Lipinski definition) is 0. The Morgan fingerprint density at radius 1 is 0.707 bits per heavy atom. The molecular formula is C54H97NO3. The molecule has 4 aliphatic carbocycles. The Morgan fingerprint density at radius 3 is 2.05 bits per heavy atom. The van der Waals surface area contributed by atoms with Crippen LogP contribution in [0.5, 0.6) is 0 Å². The third-order valence-electron chi connectivity index (χ3n) is 16.1. The summed E-state index contributed by atoms with van der Waals surface area (Å²) >= 11 is 0. The van der Waals surface area contributed by atoms with E-state index in [1.165, 1.54) is 141 Å². The number of rotatable bonds is 31. The van der Waals surface area contributed by atoms with Crippen LogP contribution in [0.15, 0.2) is 36.0 Å². The molecule has 4 nitrogen and oxygen atoms in total. The van der Waals surface area contributed by atoms with E-state index >= 15 is 0 Å². The van der Waals surface area contributed by atoms with Crippen molar-refractivity contribution in [1.82, 2.24) is 4.90 Å². The van der Waals surface area contributed by atoms with Crippen molar-refractivity contribution in [3.05, 3.63) is 36.0 Å². The molecule has 0 aromatic heterocycles. The zero-order valence-electron chi connectivity index (χ0n) is 39.9. The summed E-state index contributed by atoms with van der Waals surface area (Å²) in [7, 11) is 4.30. The minimum absolute atomic E-state index is 0.317. The third kappa shape index (κ3) is 15.8. The van der Waals surface area contributed by atoms with Crippen molar-refractivity contribution < 1.29 is 14.2 Å². The average Bonchev–Trinajstić information content (AvgIpc) is 3.56. The van der Waals surface area contributed by atoms with Crippen LogP contribution < -0.4 is 0 Å². The summed E-state index contributed by atoms with van der Waals surface area (Å²) in [5, 5.41) is 0. The standard InChI is InChI=1S/C54H97NO3/c1-9-10-11-12-13-14-15-16-17-18-19-20-21-22-23-24-38-56-42-47(55(7)8)43-57-39-25-26-40-58-48-34-36-53(5)46(41-48)30-31-49-51-33-32-50(45(4)29-27-28-44(2)3)54(51,6)37-35-52(49)53/h13-14,16-17,30,44-45,47-52H,9-12,15,18-29,31-43H2,1-8H3/b14-13-,17-16-/t45-,47+,48+,49+,50-,51+,52+,53+,54-/m1/s1. The van der Waals surface area contributed by atoms with Gasteiger partial charge < -0.3 is 19.1 Å². The van der Waals surface area contributed by atoms with Gasteiger partial charge in [0.25, 0.3) is 0 Å². The van der Waals surface area contributed by atoms with E-state index in [9.17, 15) is 0 Å². The van der Waals surface area contributed by atoms with Crippen LogP contribution in [0.25, 0.3) is 0 Å². The van der Waals surface area contributed by atoms with Crippen LogP contribution in [-0.2, 0) is 14.2 Å². The van der Waals surface area contributed by atoms with Crippen molar-refractivity contribution >= 4 is 0 Å². The van der Waals surface area contributed by atoms with Gasteiger partial charge in [-0.2, -0.15) is 0 Å². The summed E-state index contributed by atoms with van der Waals surface area (Å²) in [6.45, 7) is 19.1. The topological polar surface area (TPSA) is 30.9 Å². The molecule has 336 valence electrons. The van der Waals surface area contributed by atoms with Gasteiger partial charge in [0.1, 0.15) is 0 Å². The van der Waals surface area contributed by atoms with Crippen LogP contribution >= 0.6 is 0 Å². The summed E-state index contributed by atoms with van der Waals surface area (Å²) in [6, 6.07) is 0.317. The maximum atomic E-state index is 6.57. The number of hydrogen-bond acceptors (Lipinski definition) is 4. The Kier molecular flexibility index (Phi) is 23.3. The average molecular weight is 808 g/mol. The Hall–Kier alpha value is -0.940. The molecule has 4 rings (SSSR count). The van der Waals surface area contributed by atoms with E-state index in [1.54, 1.807) is 5.57 Å². The molecule has 0 aliphatic heterocycles. The third-order valence-corrected chi connectivity index (χ3v) is 16.1. The first kappa shape index (κ1) is 49.7. The fourth-order valence-corrected chi connectivity index (χ4v) is 12.3. The lowest BCUT2D eigenvalue weighted by Crippen LogP contribution is -2.51. The fraction of sp³-hybridized carbons (Fsp3) is 0.889. The molecular weight excluding hydrogens is 711 g/mol. The summed E-state index contributed by atoms with van der Waals surface area (Å²) in [5.41, 5.74) is 2.75. The predicted molar refractivity (Wildman–Crippen MR) is 250 cm³/mol. The highest BCUT2D eigenvalue weighted by Gasteiger charge is 2.59. The molecule has 0 heterocycles. The van der Waals surface area contributed by atoms with E-state index in [-0.39, 0.29) is 0 Å². The summed E-state index contributed by atoms with van der Waals surface area (Å²) in [5.74, 6) is 5.44. The number of likely N-dealkylation sites (N-methyl/N-ethyl adjacent to an activating group) is 1. The smallest absolute Gasteiger partial charge is 0.0644 e. The summed E-state index contributed by atoms with van der Waals surface area (Å²) in [6.07, 6.45) is 45.3. The highest BCUT2D eigenvalue weighted by molar-refractivity contribution is 5.25. The molecule has 0 amide bonds. The molecule has 58 heavy (non-hydrogen) atoms. The highest BCUT2D eigenvalue weighted by Crippen LogP contribution is 2.67. The maximum absolute atomic E-state index is 6.57. The Bertz CT molecular complexity index is 1170. The molecule has 0 N–H and O–H groups in total. The summed E-state index contributed by atoms with van der Waals surface area (Å²) in [4.78, 5) is 2.26. The normalized spacial score (nSPS) is 29.6. The van der Waals surface area contributed by atoms with Crippen LogP contribution in [-0.4, -0.2) is 64.2 Å². The van der Waals surface area contributed by atoms with Crippen molar-refractivity contribution in [2.24, 2.45) is 46.3 Å². The van der Waals surface area contributed by atoms with E-state index in [4.69, 9.17) is 14.2 Å². The Morgan fingerprint density at radius 2 is 1.36 bits per heavy atom. The second-order valence-corrected chi connectivity index (χ2v) is 21.1. The Labute approximate surface area is 361 Å². The van der Waals surface area contributed by atoms with Gasteiger partial charge in [-0.3, -0.25) is 0 Å². The zero-order chi connectivity index (χ0) is 41.6. The first-order valence-electron chi connectivity index (χ1n) is 25.5. The van der Waals surface area contributed by atoms with E-state index in [2.05, 4.69) is 90.9 Å². The van der Waals surface area contributed by atoms with Crippen molar-refractivity contribution in [3.8, 4) is 0 Å². The molecule has 0 aromatic rings. The molecule has 0 spiro atoms. The quantitative estimate of drug-likeness (QED) is 0.0516. The van der Waals surface area contributed by atoms with Gasteiger partial charge in [0.05, 0.1) is 25.4 Å². The van der Waals surface area contributed by atoms with Gasteiger partial charge in [0.15, 0.2) is 0 Å². The van der Waals surface area contributed by atoms with Crippen molar-refractivity contribution in [3.63, 3.8) is 0 Å². The van der Waals surface area contributed by atoms with Crippen molar-refractivity contribution in [2.75, 3.05) is 47.1 Å². The predicted octanol–water partition coefficient (Wildman–Crippen LogP) is 15.0. The van der Waals surface area contributed by atoms with Gasteiger partial charge in [-0.15, -0.1) is 0 Å². The molecule has 0 saturated heterocycles. The van der Waals surface area contributed by atoms with Gasteiger partial charge in [-0.05, 0) is 163 Å². The Balaban J connectivity index is 1.01. The van der Waals surface area contributed by atoms with Gasteiger partial charge in [-0.25, -0.2) is 0 Å². The number of ether oxygens (including phenoxy) is 3. The van der Waals surface area contributed by atoms with E-state index in [0.717, 1.165) is 87.8 Å². The number of allylic oxidation sites excluding steroid dienone is 5. The highest BCUT2D eigenvalue weighted by atomic mass is 16.5. The number of fused-ring (bicyclic) bond motifs is 5. The van der Waals surface area contributed by atoms with Crippen LogP contribution in [0.1, 0.15) is 202 Å². The van der Waals surface area contributed by atoms with Crippen LogP contribution in [0, 0.1) is 46.3 Å². The second kappa shape index (κ2) is 27.2. The SMILES string of the molecule is CCCCC/C=C\C/C=C\CCCCCCCCOC[C@@H](COCCCCO[C@H]1CC[C@@]2(C)C(=CC[C@H]3[C@@H]4CC[C@H]([C@H](C)CCCC(C)C)[C@@]4(C)CC[C@@H]32)C1)N(C)C. The van der Waals surface area contributed by atoms with E-state index in [1.807, 2.05) is 0 Å². The van der Waals surface area contributed by atoms with Crippen LogP contribution in [0.4, 0.5) is 0 Å². The van der Waals surface area contributed by atoms with E-state index in [0.29, 0.717) is 23.0 Å². The van der Waals surface area contributed by atoms with Gasteiger partial charge in [0.2, 0.25) is 0 Å². The minimum Gasteiger partial charge on any atom is -0.380 e. The molecule has 9 atom stereocenters. The molecule has 3 saturated carbocycles. The van der Waals surface area contributed by atoms with Crippen molar-refractivity contribution in [1.29, 1.82) is 0 Å². The monoisotopic (exact) mass is 808 g/mol. The molecule has 0 radical (unpaired) electrons. The summed E-state index contributed by atoms with van der Waals surface area (Å²) < 4.78 is 18.8. The molecule has 3 fully saturated rings. The lowest BCUT2D eigenvalue weighted by atomic mass is 9.47. The van der Waals surface area contributed by atoms with Gasteiger partial charge in [0, 0.05) is 19.8 Å². The fourth-order valence-electron chi connectivity index (χ4n) is 12.3. The van der Waals surface area contributed by atoms with E-state index < -0.39 is 0 Å². The zero-order valence-corrected chi connectivity index (χ0v) is 39.9. The molecule has 0 unspecified atom stereocenters. The first-order chi connectivity index (χ1) is 28.1. The molecule has 0 bridgehead atoms. The largest absolute Gasteiger partial charge is 0.380 e. The molecule has 0 aromatic carbocycles. The van der Waals surface area contributed by atoms with Crippen molar-refractivity contribution in [2.45, 2.75) is 214 Å². The van der Waals surface area contributed by atoms with Gasteiger partial charge in [-0.1, -0.05) is 135 Å². The number of unbranched alkanes of at least 4 members (excludes halogenated alkanes) is 10. The lowest BCUT2D eigenvalue weighted by Gasteiger charge is -2.58. The first-order valence-corrected chi connectivity index (χ1v) is 25.5. The molecule has 4 aliphatic rings. The molecule has 4 heteroatoms. The van der Waals surface area contributed by atoms with Gasteiger partial charge >= 0.3 is 0 Å². The minimum atomic E-state index is 0.317. The second-order valence-electron chi connectivity index (χ2n) is 21.1.